The molecule has 0 unspecified atom stereocenters. The molecule has 1 aliphatic rings. The molecule has 2 N–H and O–H groups in total. The molecule has 8 heteroatoms. The summed E-state index contributed by atoms with van der Waals surface area (Å²) in [4.78, 5) is 31.4. The Kier molecular flexibility index (Phi) is 3.89. The molecule has 1 saturated heterocycles. The van der Waals surface area contributed by atoms with Gasteiger partial charge in [-0.3, -0.25) is 4.79 Å². The molecule has 0 aliphatic carbocycles. The third kappa shape index (κ3) is 3.63. The first-order valence-corrected chi connectivity index (χ1v) is 6.62. The molecule has 1 fully saturated rings. The smallest absolute Gasteiger partial charge is 0.410 e. The van der Waals surface area contributed by atoms with Gasteiger partial charge >= 0.3 is 6.09 Å². The summed E-state index contributed by atoms with van der Waals surface area (Å²) < 4.78 is 5.22. The number of nitrogens with zero attached hydrogens (tertiary/aromatic N) is 2. The molecule has 1 aromatic rings. The van der Waals surface area contributed by atoms with Crippen LogP contribution in [0.1, 0.15) is 31.3 Å². The summed E-state index contributed by atoms with van der Waals surface area (Å²) in [6.45, 7) is 6.30. The van der Waals surface area contributed by atoms with E-state index >= 15 is 0 Å². The standard InChI is InChI=1S/C12H17ClN4O3/c1-12(2,3)20-11(19)17-5-7(6-17)15-9(18)8-4-14-10(13)16-8/h4,7H,5-6H2,1-3H3,(H,14,16)(H,15,18). The van der Waals surface area contributed by atoms with Gasteiger partial charge in [0, 0.05) is 13.1 Å². The maximum absolute atomic E-state index is 11.8. The van der Waals surface area contributed by atoms with E-state index in [1.54, 1.807) is 0 Å². The molecular formula is C12H17ClN4O3. The molecule has 2 rings (SSSR count). The maximum atomic E-state index is 11.8. The van der Waals surface area contributed by atoms with Gasteiger partial charge in [-0.05, 0) is 32.4 Å². The molecule has 0 bridgehead atoms. The molecule has 1 aromatic heterocycles. The van der Waals surface area contributed by atoms with Crippen LogP contribution in [0, 0.1) is 0 Å². The van der Waals surface area contributed by atoms with Gasteiger partial charge in [0.1, 0.15) is 11.3 Å². The Morgan fingerprint density at radius 2 is 2.15 bits per heavy atom. The predicted molar refractivity (Wildman–Crippen MR) is 72.7 cm³/mol. The fraction of sp³-hybridized carbons (Fsp3) is 0.583. The van der Waals surface area contributed by atoms with Gasteiger partial charge in [0.15, 0.2) is 0 Å². The van der Waals surface area contributed by atoms with E-state index in [4.69, 9.17) is 16.3 Å². The average molecular weight is 301 g/mol. The molecule has 2 amide bonds. The van der Waals surface area contributed by atoms with E-state index in [0.717, 1.165) is 0 Å². The number of imidazole rings is 1. The Labute approximate surface area is 121 Å². The van der Waals surface area contributed by atoms with Gasteiger partial charge in [-0.25, -0.2) is 9.78 Å². The van der Waals surface area contributed by atoms with E-state index < -0.39 is 5.60 Å². The molecule has 0 radical (unpaired) electrons. The number of carbonyl (C=O) groups is 2. The first kappa shape index (κ1) is 14.6. The molecule has 1 aliphatic heterocycles. The van der Waals surface area contributed by atoms with Gasteiger partial charge in [0.25, 0.3) is 5.91 Å². The second kappa shape index (κ2) is 5.32. The van der Waals surface area contributed by atoms with Crippen LogP contribution in [-0.4, -0.2) is 51.6 Å². The van der Waals surface area contributed by atoms with Crippen LogP contribution in [0.2, 0.25) is 5.28 Å². The van der Waals surface area contributed by atoms with Crippen LogP contribution < -0.4 is 5.32 Å². The Morgan fingerprint density at radius 1 is 1.50 bits per heavy atom. The van der Waals surface area contributed by atoms with Crippen molar-refractivity contribution in [3.8, 4) is 0 Å². The minimum Gasteiger partial charge on any atom is -0.444 e. The van der Waals surface area contributed by atoms with E-state index in [-0.39, 0.29) is 23.3 Å². The SMILES string of the molecule is CC(C)(C)OC(=O)N1CC(NC(=O)c2cnc(Cl)[nH]2)C1. The second-order valence-electron chi connectivity index (χ2n) is 5.64. The van der Waals surface area contributed by atoms with Gasteiger partial charge in [-0.1, -0.05) is 0 Å². The Morgan fingerprint density at radius 3 is 2.65 bits per heavy atom. The lowest BCUT2D eigenvalue weighted by molar-refractivity contribution is 0.00531. The number of hydrogen-bond acceptors (Lipinski definition) is 4. The average Bonchev–Trinajstić information content (AvgIpc) is 2.66. The summed E-state index contributed by atoms with van der Waals surface area (Å²) in [7, 11) is 0. The Bertz CT molecular complexity index is 517. The summed E-state index contributed by atoms with van der Waals surface area (Å²) in [6.07, 6.45) is 0.995. The van der Waals surface area contributed by atoms with Gasteiger partial charge in [0.05, 0.1) is 12.2 Å². The zero-order valence-corrected chi connectivity index (χ0v) is 12.3. The number of likely N-dealkylation sites (tertiary alicyclic amines) is 1. The molecule has 0 saturated carbocycles. The van der Waals surface area contributed by atoms with E-state index in [9.17, 15) is 9.59 Å². The molecule has 110 valence electrons. The minimum atomic E-state index is -0.516. The van der Waals surface area contributed by atoms with Crippen LogP contribution in [0.15, 0.2) is 6.20 Å². The number of halogens is 1. The normalized spacial score (nSPS) is 15.7. The summed E-state index contributed by atoms with van der Waals surface area (Å²) in [5.74, 6) is -0.293. The Balaban J connectivity index is 1.77. The lowest BCUT2D eigenvalue weighted by Gasteiger charge is -2.39. The van der Waals surface area contributed by atoms with Crippen LogP contribution in [0.4, 0.5) is 4.79 Å². The number of H-pyrrole nitrogens is 1. The maximum Gasteiger partial charge on any atom is 0.410 e. The largest absolute Gasteiger partial charge is 0.444 e. The highest BCUT2D eigenvalue weighted by Crippen LogP contribution is 2.15. The number of rotatable bonds is 2. The number of aromatic nitrogens is 2. The lowest BCUT2D eigenvalue weighted by Crippen LogP contribution is -2.61. The first-order valence-electron chi connectivity index (χ1n) is 6.24. The third-order valence-electron chi connectivity index (χ3n) is 2.66. The molecule has 0 atom stereocenters. The summed E-state index contributed by atoms with van der Waals surface area (Å²) in [5.41, 5.74) is -0.219. The quantitative estimate of drug-likeness (QED) is 0.864. The topological polar surface area (TPSA) is 87.3 Å². The van der Waals surface area contributed by atoms with E-state index in [2.05, 4.69) is 15.3 Å². The van der Waals surface area contributed by atoms with Crippen molar-refractivity contribution in [1.29, 1.82) is 0 Å². The molecule has 20 heavy (non-hydrogen) atoms. The monoisotopic (exact) mass is 300 g/mol. The molecule has 0 aromatic carbocycles. The highest BCUT2D eigenvalue weighted by Gasteiger charge is 2.34. The molecule has 7 nitrogen and oxygen atoms in total. The number of aromatic amines is 1. The van der Waals surface area contributed by atoms with Gasteiger partial charge in [-0.2, -0.15) is 0 Å². The minimum absolute atomic E-state index is 0.0860. The van der Waals surface area contributed by atoms with E-state index in [1.165, 1.54) is 11.1 Å². The molecule has 2 heterocycles. The summed E-state index contributed by atoms with van der Waals surface area (Å²) in [5, 5.41) is 2.94. The highest BCUT2D eigenvalue weighted by atomic mass is 35.5. The number of nitrogens with one attached hydrogen (secondary N) is 2. The first-order chi connectivity index (χ1) is 9.24. The Hall–Kier alpha value is -1.76. The van der Waals surface area contributed by atoms with Gasteiger partial charge in [-0.15, -0.1) is 0 Å². The lowest BCUT2D eigenvalue weighted by atomic mass is 10.1. The predicted octanol–water partition coefficient (Wildman–Crippen LogP) is 1.41. The van der Waals surface area contributed by atoms with Crippen LogP contribution in [0.25, 0.3) is 0 Å². The van der Waals surface area contributed by atoms with Crippen LogP contribution in [0.3, 0.4) is 0 Å². The number of ether oxygens (including phenoxy) is 1. The van der Waals surface area contributed by atoms with E-state index in [0.29, 0.717) is 18.8 Å². The fourth-order valence-corrected chi connectivity index (χ4v) is 1.87. The van der Waals surface area contributed by atoms with Gasteiger partial charge < -0.3 is 19.9 Å². The zero-order chi connectivity index (χ0) is 14.9. The van der Waals surface area contributed by atoms with Crippen molar-refractivity contribution >= 4 is 23.6 Å². The zero-order valence-electron chi connectivity index (χ0n) is 11.6. The van der Waals surface area contributed by atoms with Crippen molar-refractivity contribution in [2.45, 2.75) is 32.4 Å². The molecular weight excluding hydrogens is 284 g/mol. The van der Waals surface area contributed by atoms with Crippen LogP contribution in [0.5, 0.6) is 0 Å². The highest BCUT2D eigenvalue weighted by molar-refractivity contribution is 6.28. The van der Waals surface area contributed by atoms with Crippen LogP contribution >= 0.6 is 11.6 Å². The van der Waals surface area contributed by atoms with Crippen molar-refractivity contribution < 1.29 is 14.3 Å². The van der Waals surface area contributed by atoms with E-state index in [1.807, 2.05) is 20.8 Å². The molecule has 0 spiro atoms. The number of hydrogen-bond donors (Lipinski definition) is 2. The van der Waals surface area contributed by atoms with Crippen LogP contribution in [-0.2, 0) is 4.74 Å². The second-order valence-corrected chi connectivity index (χ2v) is 6.00. The van der Waals surface area contributed by atoms with Crippen molar-refractivity contribution in [1.82, 2.24) is 20.2 Å². The number of carbonyl (C=O) groups excluding carboxylic acids is 2. The summed E-state index contributed by atoms with van der Waals surface area (Å²) >= 11 is 5.60. The van der Waals surface area contributed by atoms with Crippen molar-refractivity contribution in [3.63, 3.8) is 0 Å². The van der Waals surface area contributed by atoms with Crippen molar-refractivity contribution in [2.75, 3.05) is 13.1 Å². The fourth-order valence-electron chi connectivity index (χ4n) is 1.72. The third-order valence-corrected chi connectivity index (χ3v) is 2.85. The van der Waals surface area contributed by atoms with Gasteiger partial charge in [0.2, 0.25) is 5.28 Å². The van der Waals surface area contributed by atoms with Crippen molar-refractivity contribution in [3.05, 3.63) is 17.2 Å². The summed E-state index contributed by atoms with van der Waals surface area (Å²) in [6, 6.07) is -0.0860. The number of amides is 2. The van der Waals surface area contributed by atoms with Crippen molar-refractivity contribution in [2.24, 2.45) is 0 Å².